The lowest BCUT2D eigenvalue weighted by Crippen LogP contribution is -2.30. The lowest BCUT2D eigenvalue weighted by Gasteiger charge is -2.14. The van der Waals surface area contributed by atoms with Crippen molar-refractivity contribution in [2.75, 3.05) is 13.1 Å². The number of nitrogens with zero attached hydrogens (tertiary/aromatic N) is 2. The highest BCUT2D eigenvalue weighted by atomic mass is 16.4. The molecule has 1 atom stereocenters. The summed E-state index contributed by atoms with van der Waals surface area (Å²) in [5.74, 6) is -1.41. The van der Waals surface area contributed by atoms with Crippen LogP contribution in [0.2, 0.25) is 0 Å². The lowest BCUT2D eigenvalue weighted by molar-refractivity contribution is -0.141. The molecule has 1 aromatic heterocycles. The summed E-state index contributed by atoms with van der Waals surface area (Å²) in [4.78, 5) is 24.3. The first-order valence-electron chi connectivity index (χ1n) is 5.11. The number of carboxylic acids is 1. The summed E-state index contributed by atoms with van der Waals surface area (Å²) >= 11 is 0. The van der Waals surface area contributed by atoms with E-state index in [0.29, 0.717) is 30.8 Å². The Labute approximate surface area is 92.3 Å². The van der Waals surface area contributed by atoms with E-state index in [4.69, 9.17) is 5.11 Å². The summed E-state index contributed by atoms with van der Waals surface area (Å²) in [5, 5.41) is 15.3. The molecule has 6 heteroatoms. The maximum absolute atomic E-state index is 12.0. The van der Waals surface area contributed by atoms with E-state index in [1.807, 2.05) is 0 Å². The molecular formula is C10H13N3O3. The Kier molecular flexibility index (Phi) is 2.64. The van der Waals surface area contributed by atoms with Crippen molar-refractivity contribution in [3.05, 3.63) is 17.5 Å². The molecule has 1 aliphatic rings. The molecule has 0 unspecified atom stereocenters. The number of aliphatic carboxylic acids is 1. The molecule has 1 amide bonds. The van der Waals surface area contributed by atoms with Gasteiger partial charge in [0.15, 0.2) is 0 Å². The molecule has 0 radical (unpaired) electrons. The molecular weight excluding hydrogens is 210 g/mol. The van der Waals surface area contributed by atoms with Crippen LogP contribution in [-0.2, 0) is 4.79 Å². The Hall–Kier alpha value is -1.85. The number of carboxylic acid groups (broad SMARTS) is 1. The molecule has 86 valence electrons. The molecule has 0 aliphatic carbocycles. The molecule has 16 heavy (non-hydrogen) atoms. The van der Waals surface area contributed by atoms with Gasteiger partial charge in [0.2, 0.25) is 0 Å². The van der Waals surface area contributed by atoms with Crippen molar-refractivity contribution in [1.82, 2.24) is 15.1 Å². The monoisotopic (exact) mass is 223 g/mol. The van der Waals surface area contributed by atoms with Gasteiger partial charge in [-0.25, -0.2) is 0 Å². The highest BCUT2D eigenvalue weighted by molar-refractivity contribution is 5.95. The number of aryl methyl sites for hydroxylation is 1. The zero-order chi connectivity index (χ0) is 11.7. The molecule has 0 saturated carbocycles. The molecule has 0 bridgehead atoms. The number of carbonyl (C=O) groups excluding carboxylic acids is 1. The molecule has 1 aromatic rings. The highest BCUT2D eigenvalue weighted by Gasteiger charge is 2.31. The van der Waals surface area contributed by atoms with Crippen molar-refractivity contribution in [2.45, 2.75) is 13.3 Å². The Morgan fingerprint density at radius 1 is 1.62 bits per heavy atom. The van der Waals surface area contributed by atoms with E-state index < -0.39 is 11.9 Å². The SMILES string of the molecule is Cc1[nH]ncc1C(=O)N1CC[C@H](C(=O)O)C1. The van der Waals surface area contributed by atoms with E-state index in [0.717, 1.165) is 0 Å². The topological polar surface area (TPSA) is 86.3 Å². The van der Waals surface area contributed by atoms with Crippen LogP contribution < -0.4 is 0 Å². The first-order chi connectivity index (χ1) is 7.59. The van der Waals surface area contributed by atoms with Crippen LogP contribution in [0.15, 0.2) is 6.20 Å². The van der Waals surface area contributed by atoms with Crippen molar-refractivity contribution in [2.24, 2.45) is 5.92 Å². The van der Waals surface area contributed by atoms with Gasteiger partial charge < -0.3 is 10.0 Å². The Balaban J connectivity index is 2.08. The standard InChI is InChI=1S/C10H13N3O3/c1-6-8(4-11-12-6)9(14)13-3-2-7(5-13)10(15)16/h4,7H,2-3,5H2,1H3,(H,11,12)(H,15,16)/t7-/m0/s1. The fourth-order valence-electron chi connectivity index (χ4n) is 1.88. The van der Waals surface area contributed by atoms with E-state index in [1.54, 1.807) is 11.8 Å². The van der Waals surface area contributed by atoms with Crippen LogP contribution in [0.5, 0.6) is 0 Å². The van der Waals surface area contributed by atoms with E-state index in [2.05, 4.69) is 10.2 Å². The Morgan fingerprint density at radius 3 is 2.88 bits per heavy atom. The molecule has 0 aromatic carbocycles. The molecule has 1 aliphatic heterocycles. The molecule has 1 saturated heterocycles. The third-order valence-electron chi connectivity index (χ3n) is 2.89. The average Bonchev–Trinajstić information content (AvgIpc) is 2.84. The highest BCUT2D eigenvalue weighted by Crippen LogP contribution is 2.19. The van der Waals surface area contributed by atoms with E-state index in [-0.39, 0.29) is 5.91 Å². The van der Waals surface area contributed by atoms with E-state index >= 15 is 0 Å². The second kappa shape index (κ2) is 3.96. The van der Waals surface area contributed by atoms with Crippen LogP contribution in [0.3, 0.4) is 0 Å². The second-order valence-corrected chi connectivity index (χ2v) is 3.98. The zero-order valence-corrected chi connectivity index (χ0v) is 8.93. The van der Waals surface area contributed by atoms with Crippen molar-refractivity contribution in [1.29, 1.82) is 0 Å². The largest absolute Gasteiger partial charge is 0.481 e. The lowest BCUT2D eigenvalue weighted by atomic mass is 10.1. The van der Waals surface area contributed by atoms with Crippen molar-refractivity contribution in [3.63, 3.8) is 0 Å². The summed E-state index contributed by atoms with van der Waals surface area (Å²) in [7, 11) is 0. The first-order valence-corrected chi connectivity index (χ1v) is 5.11. The molecule has 2 N–H and O–H groups in total. The van der Waals surface area contributed by atoms with Gasteiger partial charge in [-0.3, -0.25) is 14.7 Å². The second-order valence-electron chi connectivity index (χ2n) is 3.98. The van der Waals surface area contributed by atoms with Gasteiger partial charge in [-0.1, -0.05) is 0 Å². The van der Waals surface area contributed by atoms with Gasteiger partial charge in [0.05, 0.1) is 17.7 Å². The number of rotatable bonds is 2. The zero-order valence-electron chi connectivity index (χ0n) is 8.93. The van der Waals surface area contributed by atoms with Gasteiger partial charge in [-0.05, 0) is 13.3 Å². The first kappa shape index (κ1) is 10.7. The van der Waals surface area contributed by atoms with Crippen molar-refractivity contribution < 1.29 is 14.7 Å². The number of likely N-dealkylation sites (tertiary alicyclic amines) is 1. The van der Waals surface area contributed by atoms with Crippen molar-refractivity contribution >= 4 is 11.9 Å². The van der Waals surface area contributed by atoms with Crippen molar-refractivity contribution in [3.8, 4) is 0 Å². The maximum atomic E-state index is 12.0. The molecule has 1 fully saturated rings. The number of hydrogen-bond donors (Lipinski definition) is 2. The molecule has 2 heterocycles. The number of amides is 1. The third-order valence-corrected chi connectivity index (χ3v) is 2.89. The van der Waals surface area contributed by atoms with Crippen LogP contribution >= 0.6 is 0 Å². The predicted molar refractivity (Wildman–Crippen MR) is 55.0 cm³/mol. The molecule has 6 nitrogen and oxygen atoms in total. The number of hydrogen-bond acceptors (Lipinski definition) is 3. The van der Waals surface area contributed by atoms with Gasteiger partial charge in [0.1, 0.15) is 0 Å². The Morgan fingerprint density at radius 2 is 2.38 bits per heavy atom. The molecule has 2 rings (SSSR count). The summed E-state index contributed by atoms with van der Waals surface area (Å²) < 4.78 is 0. The van der Waals surface area contributed by atoms with Crippen LogP contribution in [0.25, 0.3) is 0 Å². The quantitative estimate of drug-likeness (QED) is 0.753. The molecule has 0 spiro atoms. The van der Waals surface area contributed by atoms with E-state index in [9.17, 15) is 9.59 Å². The number of aromatic amines is 1. The van der Waals surface area contributed by atoms with Crippen LogP contribution in [0, 0.1) is 12.8 Å². The summed E-state index contributed by atoms with van der Waals surface area (Å²) in [5.41, 5.74) is 1.23. The van der Waals surface area contributed by atoms with E-state index in [1.165, 1.54) is 6.20 Å². The number of carbonyl (C=O) groups is 2. The summed E-state index contributed by atoms with van der Waals surface area (Å²) in [6.07, 6.45) is 2.00. The minimum absolute atomic E-state index is 0.144. The normalized spacial score (nSPS) is 20.1. The van der Waals surface area contributed by atoms with Crippen LogP contribution in [0.4, 0.5) is 0 Å². The van der Waals surface area contributed by atoms with Gasteiger partial charge in [-0.2, -0.15) is 5.10 Å². The van der Waals surface area contributed by atoms with Gasteiger partial charge in [0, 0.05) is 18.8 Å². The van der Waals surface area contributed by atoms with Gasteiger partial charge in [0.25, 0.3) is 5.91 Å². The predicted octanol–water partition coefficient (Wildman–Crippen LogP) is 0.265. The smallest absolute Gasteiger partial charge is 0.308 e. The fraction of sp³-hybridized carbons (Fsp3) is 0.500. The number of H-pyrrole nitrogens is 1. The maximum Gasteiger partial charge on any atom is 0.308 e. The third kappa shape index (κ3) is 1.78. The number of nitrogens with one attached hydrogen (secondary N) is 1. The van der Waals surface area contributed by atoms with Gasteiger partial charge >= 0.3 is 5.97 Å². The minimum Gasteiger partial charge on any atom is -0.481 e. The summed E-state index contributed by atoms with van der Waals surface area (Å²) in [6, 6.07) is 0. The fourth-order valence-corrected chi connectivity index (χ4v) is 1.88. The number of aromatic nitrogens is 2. The van der Waals surface area contributed by atoms with Crippen LogP contribution in [0.1, 0.15) is 22.5 Å². The average molecular weight is 223 g/mol. The summed E-state index contributed by atoms with van der Waals surface area (Å²) in [6.45, 7) is 2.56. The van der Waals surface area contributed by atoms with Crippen LogP contribution in [-0.4, -0.2) is 45.2 Å². The Bertz CT molecular complexity index is 427. The van der Waals surface area contributed by atoms with Gasteiger partial charge in [-0.15, -0.1) is 0 Å². The minimum atomic E-state index is -0.834.